The van der Waals surface area contributed by atoms with Crippen molar-refractivity contribution in [2.24, 2.45) is 0 Å². The number of imidazole rings is 1. The summed E-state index contributed by atoms with van der Waals surface area (Å²) in [4.78, 5) is 28.7. The van der Waals surface area contributed by atoms with Crippen LogP contribution in [0.25, 0.3) is 11.0 Å². The Hall–Kier alpha value is -2.91. The van der Waals surface area contributed by atoms with Gasteiger partial charge < -0.3 is 4.90 Å². The Bertz CT molecular complexity index is 1410. The van der Waals surface area contributed by atoms with Crippen LogP contribution in [0.15, 0.2) is 52.2 Å². The summed E-state index contributed by atoms with van der Waals surface area (Å²) in [5, 5.41) is 0. The van der Waals surface area contributed by atoms with Gasteiger partial charge >= 0.3 is 5.69 Å². The van der Waals surface area contributed by atoms with Crippen LogP contribution in [0.1, 0.15) is 44.7 Å². The second kappa shape index (κ2) is 8.70. The highest BCUT2D eigenvalue weighted by Gasteiger charge is 2.29. The summed E-state index contributed by atoms with van der Waals surface area (Å²) in [6.07, 6.45) is 3.48. The van der Waals surface area contributed by atoms with Crippen LogP contribution in [0.5, 0.6) is 0 Å². The number of carbonyl (C=O) groups excluding carboxylic acids is 1. The predicted molar refractivity (Wildman–Crippen MR) is 132 cm³/mol. The van der Waals surface area contributed by atoms with Gasteiger partial charge in [-0.2, -0.15) is 4.31 Å². The normalized spacial score (nSPS) is 17.0. The summed E-state index contributed by atoms with van der Waals surface area (Å²) in [6, 6.07) is 12.5. The van der Waals surface area contributed by atoms with Crippen molar-refractivity contribution < 1.29 is 13.2 Å². The summed E-state index contributed by atoms with van der Waals surface area (Å²) >= 11 is 0. The van der Waals surface area contributed by atoms with Gasteiger partial charge in [0.25, 0.3) is 0 Å². The van der Waals surface area contributed by atoms with Gasteiger partial charge in [0.05, 0.1) is 15.9 Å². The molecule has 34 heavy (non-hydrogen) atoms. The van der Waals surface area contributed by atoms with E-state index in [1.165, 1.54) is 8.87 Å². The molecule has 2 aliphatic rings. The van der Waals surface area contributed by atoms with E-state index in [0.717, 1.165) is 36.9 Å². The Balaban J connectivity index is 1.58. The molecule has 9 heteroatoms. The van der Waals surface area contributed by atoms with Gasteiger partial charge in [-0.05, 0) is 69.4 Å². The van der Waals surface area contributed by atoms with Crippen molar-refractivity contribution in [2.75, 3.05) is 24.5 Å². The maximum atomic E-state index is 13.4. The Morgan fingerprint density at radius 2 is 1.71 bits per heavy atom. The van der Waals surface area contributed by atoms with E-state index in [1.807, 2.05) is 38.1 Å². The largest absolute Gasteiger partial charge is 0.329 e. The molecule has 1 aromatic heterocycles. The van der Waals surface area contributed by atoms with Gasteiger partial charge in [0, 0.05) is 31.4 Å². The van der Waals surface area contributed by atoms with E-state index in [4.69, 9.17) is 0 Å². The molecule has 0 spiro atoms. The molecule has 2 aromatic carbocycles. The van der Waals surface area contributed by atoms with Crippen LogP contribution in [0.2, 0.25) is 0 Å². The quantitative estimate of drug-likeness (QED) is 0.559. The average molecular weight is 483 g/mol. The molecular formula is C25H30N4O4S. The lowest BCUT2D eigenvalue weighted by Gasteiger charge is -2.29. The highest BCUT2D eigenvalue weighted by molar-refractivity contribution is 7.89. The number of hydrogen-bond acceptors (Lipinski definition) is 4. The molecule has 8 nitrogen and oxygen atoms in total. The minimum absolute atomic E-state index is 0.136. The lowest BCUT2D eigenvalue weighted by atomic mass is 10.0. The fourth-order valence-electron chi connectivity index (χ4n) is 5.16. The molecule has 0 saturated carbocycles. The summed E-state index contributed by atoms with van der Waals surface area (Å²) in [6.45, 7) is 5.28. The van der Waals surface area contributed by atoms with Crippen LogP contribution >= 0.6 is 0 Å². The van der Waals surface area contributed by atoms with Crippen LogP contribution in [0.4, 0.5) is 5.69 Å². The maximum absolute atomic E-state index is 13.4. The van der Waals surface area contributed by atoms with Gasteiger partial charge in [-0.25, -0.2) is 13.2 Å². The first-order chi connectivity index (χ1) is 16.3. The number of benzene rings is 2. The smallest absolute Gasteiger partial charge is 0.311 e. The van der Waals surface area contributed by atoms with E-state index in [-0.39, 0.29) is 29.1 Å². The van der Waals surface area contributed by atoms with Crippen molar-refractivity contribution in [2.45, 2.75) is 57.0 Å². The number of carbonyl (C=O) groups is 1. The standard InChI is InChI=1S/C25H30N4O4S/c1-18(2)29-22-12-11-20(34(32,33)26-13-5-6-14-26)16-23(22)28(25(29)31)17-24(30)27-15-7-9-19-8-3-4-10-21(19)27/h3-4,8,10-12,16,18H,5-7,9,13-15,17H2,1-2H3. The van der Waals surface area contributed by atoms with Crippen LogP contribution in [-0.2, 0) is 27.8 Å². The van der Waals surface area contributed by atoms with E-state index in [2.05, 4.69) is 0 Å². The molecule has 3 heterocycles. The van der Waals surface area contributed by atoms with Crippen LogP contribution < -0.4 is 10.6 Å². The first-order valence-corrected chi connectivity index (χ1v) is 13.4. The Labute approximate surface area is 199 Å². The van der Waals surface area contributed by atoms with Crippen LogP contribution in [0, 0.1) is 0 Å². The van der Waals surface area contributed by atoms with Gasteiger partial charge in [-0.1, -0.05) is 18.2 Å². The Kier molecular flexibility index (Phi) is 5.85. The number of fused-ring (bicyclic) bond motifs is 2. The SMILES string of the molecule is CC(C)n1c(=O)n(CC(=O)N2CCCc3ccccc32)c2cc(S(=O)(=O)N3CCCC3)ccc21. The van der Waals surface area contributed by atoms with E-state index in [9.17, 15) is 18.0 Å². The number of aromatic nitrogens is 2. The minimum Gasteiger partial charge on any atom is -0.311 e. The molecular weight excluding hydrogens is 452 g/mol. The maximum Gasteiger partial charge on any atom is 0.329 e. The number of anilines is 1. The first kappa shape index (κ1) is 22.9. The lowest BCUT2D eigenvalue weighted by Crippen LogP contribution is -2.39. The van der Waals surface area contributed by atoms with E-state index >= 15 is 0 Å². The van der Waals surface area contributed by atoms with Gasteiger partial charge in [0.1, 0.15) is 6.54 Å². The third kappa shape index (κ3) is 3.76. The van der Waals surface area contributed by atoms with E-state index in [1.54, 1.807) is 27.7 Å². The predicted octanol–water partition coefficient (Wildman–Crippen LogP) is 3.15. The molecule has 1 amide bonds. The first-order valence-electron chi connectivity index (χ1n) is 11.9. The number of hydrogen-bond donors (Lipinski definition) is 0. The number of para-hydroxylation sites is 1. The third-order valence-corrected chi connectivity index (χ3v) is 8.75. The molecule has 5 rings (SSSR count). The molecule has 3 aromatic rings. The number of nitrogens with zero attached hydrogens (tertiary/aromatic N) is 4. The number of sulfonamides is 1. The summed E-state index contributed by atoms with van der Waals surface area (Å²) in [5.41, 5.74) is 2.80. The topological polar surface area (TPSA) is 84.6 Å². The molecule has 0 unspecified atom stereocenters. The molecule has 1 saturated heterocycles. The van der Waals surface area contributed by atoms with Crippen molar-refractivity contribution in [3.05, 3.63) is 58.5 Å². The highest BCUT2D eigenvalue weighted by Crippen LogP contribution is 2.28. The van der Waals surface area contributed by atoms with Gasteiger partial charge in [-0.3, -0.25) is 13.9 Å². The van der Waals surface area contributed by atoms with Crippen molar-refractivity contribution in [1.29, 1.82) is 0 Å². The zero-order valence-electron chi connectivity index (χ0n) is 19.6. The molecule has 0 bridgehead atoms. The second-order valence-electron chi connectivity index (χ2n) is 9.37. The highest BCUT2D eigenvalue weighted by atomic mass is 32.2. The van der Waals surface area contributed by atoms with Gasteiger partial charge in [-0.15, -0.1) is 0 Å². The van der Waals surface area contributed by atoms with Gasteiger partial charge in [0.15, 0.2) is 0 Å². The fraction of sp³-hybridized carbons (Fsp3) is 0.440. The lowest BCUT2D eigenvalue weighted by molar-refractivity contribution is -0.119. The average Bonchev–Trinajstić information content (AvgIpc) is 3.46. The van der Waals surface area contributed by atoms with Crippen molar-refractivity contribution in [3.63, 3.8) is 0 Å². The van der Waals surface area contributed by atoms with Crippen molar-refractivity contribution in [1.82, 2.24) is 13.4 Å². The molecule has 0 radical (unpaired) electrons. The summed E-state index contributed by atoms with van der Waals surface area (Å²) < 4.78 is 30.9. The zero-order valence-corrected chi connectivity index (χ0v) is 20.4. The minimum atomic E-state index is -3.65. The van der Waals surface area contributed by atoms with E-state index < -0.39 is 10.0 Å². The number of rotatable bonds is 5. The molecule has 0 aliphatic carbocycles. The van der Waals surface area contributed by atoms with Crippen LogP contribution in [-0.4, -0.2) is 47.4 Å². The monoisotopic (exact) mass is 482 g/mol. The van der Waals surface area contributed by atoms with E-state index in [0.29, 0.717) is 30.7 Å². The Morgan fingerprint density at radius 1 is 0.971 bits per heavy atom. The molecule has 1 fully saturated rings. The van der Waals surface area contributed by atoms with Crippen molar-refractivity contribution >= 4 is 32.7 Å². The molecule has 0 N–H and O–H groups in total. The second-order valence-corrected chi connectivity index (χ2v) is 11.3. The molecule has 2 aliphatic heterocycles. The molecule has 180 valence electrons. The van der Waals surface area contributed by atoms with Crippen molar-refractivity contribution in [3.8, 4) is 0 Å². The zero-order chi connectivity index (χ0) is 24.0. The van der Waals surface area contributed by atoms with Gasteiger partial charge in [0.2, 0.25) is 15.9 Å². The number of aryl methyl sites for hydroxylation is 1. The summed E-state index contributed by atoms with van der Waals surface area (Å²) in [7, 11) is -3.65. The van der Waals surface area contributed by atoms with Crippen LogP contribution in [0.3, 0.4) is 0 Å². The number of amides is 1. The summed E-state index contributed by atoms with van der Waals surface area (Å²) in [5.74, 6) is -0.176. The third-order valence-electron chi connectivity index (χ3n) is 6.86. The fourth-order valence-corrected chi connectivity index (χ4v) is 6.70. The Morgan fingerprint density at radius 3 is 2.44 bits per heavy atom. The molecule has 0 atom stereocenters.